The van der Waals surface area contributed by atoms with E-state index in [2.05, 4.69) is 33.2 Å². The normalized spacial score (nSPS) is 14.5. The first kappa shape index (κ1) is 35.0. The van der Waals surface area contributed by atoms with Crippen LogP contribution in [0, 0.1) is 16.7 Å². The fourth-order valence-electron chi connectivity index (χ4n) is 5.79. The standard InChI is InChI=1S/C33H41Cl2N7O4/c1-8-40(22-9-11-41(12-10-22)30(43)21(18-36)17-33(2,3)4)13-14-42-29-20(19-38-32(37-5)39-29)15-23(31(42)44)26-27(34)24(45-6)16-25(46-7)28(26)35/h15-17,19,22H,8-14H2,1-7H3,(H,37,38,39). The van der Waals surface area contributed by atoms with Crippen LogP contribution in [0.25, 0.3) is 22.2 Å². The van der Waals surface area contributed by atoms with Crippen molar-refractivity contribution < 1.29 is 14.3 Å². The number of carbonyl (C=O) groups excluding carboxylic acids is 1. The number of halogens is 2. The Labute approximate surface area is 279 Å². The molecule has 1 N–H and O–H groups in total. The van der Waals surface area contributed by atoms with Gasteiger partial charge in [-0.15, -0.1) is 0 Å². The Bertz CT molecular complexity index is 1710. The highest BCUT2D eigenvalue weighted by atomic mass is 35.5. The van der Waals surface area contributed by atoms with Crippen LogP contribution >= 0.6 is 23.2 Å². The lowest BCUT2D eigenvalue weighted by molar-refractivity contribution is -0.128. The Morgan fingerprint density at radius 3 is 2.33 bits per heavy atom. The second-order valence-corrected chi connectivity index (χ2v) is 13.0. The van der Waals surface area contributed by atoms with Crippen LogP contribution in [0.15, 0.2) is 34.8 Å². The van der Waals surface area contributed by atoms with Crippen molar-refractivity contribution in [3.05, 3.63) is 50.4 Å². The van der Waals surface area contributed by atoms with Crippen molar-refractivity contribution in [2.45, 2.75) is 53.1 Å². The second kappa shape index (κ2) is 14.7. The molecule has 1 fully saturated rings. The fraction of sp³-hybridized carbons (Fsp3) is 0.485. The van der Waals surface area contributed by atoms with E-state index in [4.69, 9.17) is 32.7 Å². The summed E-state index contributed by atoms with van der Waals surface area (Å²) in [6.07, 6.45) is 4.90. The molecule has 1 saturated heterocycles. The van der Waals surface area contributed by atoms with E-state index in [0.717, 1.165) is 19.4 Å². The van der Waals surface area contributed by atoms with Gasteiger partial charge in [-0.3, -0.25) is 19.1 Å². The minimum absolute atomic E-state index is 0.182. The lowest BCUT2D eigenvalue weighted by Crippen LogP contribution is -2.48. The quantitative estimate of drug-likeness (QED) is 0.216. The smallest absolute Gasteiger partial charge is 0.264 e. The van der Waals surface area contributed by atoms with Crippen molar-refractivity contribution in [1.29, 1.82) is 5.26 Å². The number of nitrogens with one attached hydrogen (secondary N) is 1. The SMILES string of the molecule is CCN(CCn1c(=O)c(-c2c(Cl)c(OC)cc(OC)c2Cl)cc2cnc(NC)nc21)C1CCN(C(=O)C(C#N)=CC(C)(C)C)CC1. The number of anilines is 1. The molecule has 1 aromatic carbocycles. The number of hydrogen-bond acceptors (Lipinski definition) is 9. The summed E-state index contributed by atoms with van der Waals surface area (Å²) in [5, 5.41) is 13.6. The molecule has 2 aromatic heterocycles. The van der Waals surface area contributed by atoms with E-state index in [9.17, 15) is 14.9 Å². The fourth-order valence-corrected chi connectivity index (χ4v) is 6.50. The molecule has 11 nitrogen and oxygen atoms in total. The highest BCUT2D eigenvalue weighted by molar-refractivity contribution is 6.41. The number of likely N-dealkylation sites (N-methyl/N-ethyl adjacent to an activating group) is 1. The molecule has 0 saturated carbocycles. The molecule has 1 aliphatic heterocycles. The minimum Gasteiger partial charge on any atom is -0.495 e. The molecule has 1 aliphatic rings. The van der Waals surface area contributed by atoms with E-state index >= 15 is 0 Å². The third kappa shape index (κ3) is 7.41. The Hall–Kier alpha value is -3.85. The predicted molar refractivity (Wildman–Crippen MR) is 182 cm³/mol. The van der Waals surface area contributed by atoms with Gasteiger partial charge in [0.1, 0.15) is 28.8 Å². The molecule has 246 valence electrons. The molecule has 3 heterocycles. The molecule has 46 heavy (non-hydrogen) atoms. The van der Waals surface area contributed by atoms with Crippen LogP contribution in [0.2, 0.25) is 10.0 Å². The van der Waals surface area contributed by atoms with Gasteiger partial charge in [0.15, 0.2) is 0 Å². The van der Waals surface area contributed by atoms with Crippen LogP contribution in [0.5, 0.6) is 11.5 Å². The van der Waals surface area contributed by atoms with Crippen molar-refractivity contribution >= 4 is 46.1 Å². The first-order chi connectivity index (χ1) is 21.9. The Kier molecular flexibility index (Phi) is 11.2. The van der Waals surface area contributed by atoms with Gasteiger partial charge >= 0.3 is 0 Å². The van der Waals surface area contributed by atoms with Crippen LogP contribution in [0.1, 0.15) is 40.5 Å². The monoisotopic (exact) mass is 669 g/mol. The van der Waals surface area contributed by atoms with Gasteiger partial charge in [-0.05, 0) is 30.9 Å². The summed E-state index contributed by atoms with van der Waals surface area (Å²) in [4.78, 5) is 40.4. The van der Waals surface area contributed by atoms with Crippen molar-refractivity contribution in [3.8, 4) is 28.7 Å². The zero-order chi connectivity index (χ0) is 33.8. The molecule has 0 bridgehead atoms. The summed E-state index contributed by atoms with van der Waals surface area (Å²) >= 11 is 13.5. The molecular weight excluding hydrogens is 629 g/mol. The van der Waals surface area contributed by atoms with E-state index in [1.54, 1.807) is 40.9 Å². The number of allylic oxidation sites excluding steroid dienone is 1. The van der Waals surface area contributed by atoms with E-state index in [1.807, 2.05) is 20.8 Å². The number of hydrogen-bond donors (Lipinski definition) is 1. The zero-order valence-corrected chi connectivity index (χ0v) is 28.9. The van der Waals surface area contributed by atoms with Crippen LogP contribution in [0.4, 0.5) is 5.95 Å². The maximum atomic E-state index is 14.3. The molecule has 0 atom stereocenters. The van der Waals surface area contributed by atoms with Gasteiger partial charge < -0.3 is 19.7 Å². The van der Waals surface area contributed by atoms with Crippen molar-refractivity contribution in [2.75, 3.05) is 52.8 Å². The Morgan fingerprint density at radius 2 is 1.80 bits per heavy atom. The lowest BCUT2D eigenvalue weighted by Gasteiger charge is -2.38. The molecule has 1 amide bonds. The molecule has 0 spiro atoms. The Balaban J connectivity index is 1.65. The summed E-state index contributed by atoms with van der Waals surface area (Å²) in [7, 11) is 4.68. The van der Waals surface area contributed by atoms with E-state index in [-0.39, 0.29) is 44.1 Å². The third-order valence-corrected chi connectivity index (χ3v) is 8.86. The number of aromatic nitrogens is 3. The largest absolute Gasteiger partial charge is 0.495 e. The van der Waals surface area contributed by atoms with Gasteiger partial charge in [0, 0.05) is 62.5 Å². The first-order valence-corrected chi connectivity index (χ1v) is 16.0. The zero-order valence-electron chi connectivity index (χ0n) is 27.4. The molecule has 0 unspecified atom stereocenters. The van der Waals surface area contributed by atoms with Crippen molar-refractivity contribution in [1.82, 2.24) is 24.3 Å². The van der Waals surface area contributed by atoms with E-state index in [1.165, 1.54) is 14.2 Å². The summed E-state index contributed by atoms with van der Waals surface area (Å²) in [6, 6.07) is 5.55. The van der Waals surface area contributed by atoms with Gasteiger partial charge in [0.05, 0.1) is 29.8 Å². The van der Waals surface area contributed by atoms with Crippen molar-refractivity contribution in [2.24, 2.45) is 5.41 Å². The third-order valence-electron chi connectivity index (χ3n) is 8.11. The van der Waals surface area contributed by atoms with Crippen LogP contribution in [-0.4, -0.2) is 83.7 Å². The highest BCUT2D eigenvalue weighted by Crippen LogP contribution is 2.45. The maximum Gasteiger partial charge on any atom is 0.264 e. The summed E-state index contributed by atoms with van der Waals surface area (Å²) in [5.41, 5.74) is 0.638. The number of nitriles is 1. The summed E-state index contributed by atoms with van der Waals surface area (Å²) in [6.45, 7) is 10.7. The summed E-state index contributed by atoms with van der Waals surface area (Å²) < 4.78 is 12.5. The maximum absolute atomic E-state index is 14.3. The van der Waals surface area contributed by atoms with Crippen LogP contribution in [-0.2, 0) is 11.3 Å². The number of likely N-dealkylation sites (tertiary alicyclic amines) is 1. The Morgan fingerprint density at radius 1 is 1.17 bits per heavy atom. The van der Waals surface area contributed by atoms with Gasteiger partial charge in [-0.2, -0.15) is 10.2 Å². The van der Waals surface area contributed by atoms with Gasteiger partial charge in [0.25, 0.3) is 11.5 Å². The number of nitrogens with zero attached hydrogens (tertiary/aromatic N) is 6. The topological polar surface area (TPSA) is 126 Å². The predicted octanol–water partition coefficient (Wildman–Crippen LogP) is 5.63. The van der Waals surface area contributed by atoms with E-state index in [0.29, 0.717) is 60.2 Å². The lowest BCUT2D eigenvalue weighted by atomic mass is 9.93. The molecule has 0 aliphatic carbocycles. The number of amides is 1. The molecule has 13 heteroatoms. The number of ether oxygens (including phenoxy) is 2. The van der Waals surface area contributed by atoms with Crippen LogP contribution < -0.4 is 20.3 Å². The number of methoxy groups -OCH3 is 2. The molecule has 3 aromatic rings. The van der Waals surface area contributed by atoms with Crippen molar-refractivity contribution in [3.63, 3.8) is 0 Å². The number of carbonyl (C=O) groups is 1. The minimum atomic E-state index is -0.321. The number of fused-ring (bicyclic) bond motifs is 1. The highest BCUT2D eigenvalue weighted by Gasteiger charge is 2.29. The number of rotatable bonds is 10. The van der Waals surface area contributed by atoms with Gasteiger partial charge in [-0.1, -0.05) is 57.0 Å². The number of pyridine rings is 1. The average Bonchev–Trinajstić information content (AvgIpc) is 3.04. The molecular formula is C33H41Cl2N7O4. The van der Waals surface area contributed by atoms with Gasteiger partial charge in [0.2, 0.25) is 5.95 Å². The molecule has 4 rings (SSSR count). The molecule has 0 radical (unpaired) electrons. The first-order valence-electron chi connectivity index (χ1n) is 15.2. The van der Waals surface area contributed by atoms with Crippen LogP contribution in [0.3, 0.4) is 0 Å². The van der Waals surface area contributed by atoms with Gasteiger partial charge in [-0.25, -0.2) is 4.98 Å². The van der Waals surface area contributed by atoms with E-state index < -0.39 is 0 Å². The number of benzene rings is 1. The number of piperidine rings is 1. The second-order valence-electron chi connectivity index (χ2n) is 12.2. The summed E-state index contributed by atoms with van der Waals surface area (Å²) in [5.74, 6) is 0.807. The average molecular weight is 671 g/mol.